The molecule has 0 spiro atoms. The van der Waals surface area contributed by atoms with E-state index >= 15 is 4.79 Å². The summed E-state index contributed by atoms with van der Waals surface area (Å²) >= 11 is 0. The van der Waals surface area contributed by atoms with E-state index in [1.54, 1.807) is 59.6 Å². The van der Waals surface area contributed by atoms with Gasteiger partial charge in [-0.1, -0.05) is 53.7 Å². The third-order valence-electron chi connectivity index (χ3n) is 11.3. The van der Waals surface area contributed by atoms with E-state index in [-0.39, 0.29) is 30.2 Å². The lowest BCUT2D eigenvalue weighted by Crippen LogP contribution is -2.51. The first-order valence-corrected chi connectivity index (χ1v) is 22.3. The molecule has 342 valence electrons. The van der Waals surface area contributed by atoms with Crippen molar-refractivity contribution in [2.45, 2.75) is 130 Å². The number of aryl methyl sites for hydroxylation is 1. The van der Waals surface area contributed by atoms with Gasteiger partial charge in [-0.3, -0.25) is 4.79 Å². The highest BCUT2D eigenvalue weighted by Gasteiger charge is 2.44. The number of aromatic nitrogens is 2. The van der Waals surface area contributed by atoms with Crippen molar-refractivity contribution >= 4 is 51.9 Å². The maximum absolute atomic E-state index is 15.3. The molecule has 7 rings (SSSR count). The third kappa shape index (κ3) is 10.9. The number of methoxy groups -OCH3 is 1. The van der Waals surface area contributed by atoms with Crippen molar-refractivity contribution in [3.8, 4) is 11.1 Å². The molecule has 3 heterocycles. The minimum atomic E-state index is -0.953. The molecule has 0 N–H and O–H groups in total. The van der Waals surface area contributed by atoms with Crippen LogP contribution < -0.4 is 4.90 Å². The summed E-state index contributed by atoms with van der Waals surface area (Å²) in [6.45, 7) is 18.3. The van der Waals surface area contributed by atoms with Crippen molar-refractivity contribution in [2.24, 2.45) is 5.92 Å². The summed E-state index contributed by atoms with van der Waals surface area (Å²) < 4.78 is 30.3. The van der Waals surface area contributed by atoms with E-state index in [2.05, 4.69) is 34.1 Å². The zero-order chi connectivity index (χ0) is 46.1. The van der Waals surface area contributed by atoms with Crippen molar-refractivity contribution in [2.75, 3.05) is 31.7 Å². The van der Waals surface area contributed by atoms with Gasteiger partial charge in [0.05, 0.1) is 11.3 Å². The number of imide groups is 1. The Morgan fingerprint density at radius 2 is 1.45 bits per heavy atom. The molecule has 2 fully saturated rings. The van der Waals surface area contributed by atoms with Crippen molar-refractivity contribution in [3.05, 3.63) is 84.1 Å². The van der Waals surface area contributed by atoms with Gasteiger partial charge >= 0.3 is 18.3 Å². The predicted octanol–water partition coefficient (Wildman–Crippen LogP) is 10.7. The molecule has 1 saturated carbocycles. The van der Waals surface area contributed by atoms with E-state index in [4.69, 9.17) is 23.5 Å². The van der Waals surface area contributed by atoms with Crippen LogP contribution in [0.15, 0.2) is 77.4 Å². The lowest BCUT2D eigenvalue weighted by Gasteiger charge is -2.40. The minimum absolute atomic E-state index is 0.0160. The number of hydrogen-bond donors (Lipinski definition) is 0. The molecule has 14 heteroatoms. The number of piperidine rings is 1. The van der Waals surface area contributed by atoms with Crippen molar-refractivity contribution in [3.63, 3.8) is 0 Å². The number of fused-ring (bicyclic) bond motifs is 2. The fourth-order valence-electron chi connectivity index (χ4n) is 8.35. The fourth-order valence-corrected chi connectivity index (χ4v) is 8.35. The Morgan fingerprint density at radius 1 is 0.781 bits per heavy atom. The molecule has 5 aromatic rings. The average molecular weight is 878 g/mol. The van der Waals surface area contributed by atoms with Crippen LogP contribution in [-0.2, 0) is 36.8 Å². The van der Waals surface area contributed by atoms with Crippen LogP contribution in [0.25, 0.3) is 33.0 Å². The lowest BCUT2D eigenvalue weighted by molar-refractivity contribution is -0.139. The van der Waals surface area contributed by atoms with E-state index < -0.39 is 41.0 Å². The predicted molar refractivity (Wildman–Crippen MR) is 245 cm³/mol. The number of amides is 4. The van der Waals surface area contributed by atoms with Crippen LogP contribution in [0, 0.1) is 5.92 Å². The largest absolute Gasteiger partial charge is 0.444 e. The lowest BCUT2D eigenvalue weighted by atomic mass is 9.79. The second-order valence-electron chi connectivity index (χ2n) is 20.0. The first kappa shape index (κ1) is 46.1. The van der Waals surface area contributed by atoms with Gasteiger partial charge in [0.25, 0.3) is 0 Å². The number of benzene rings is 3. The molecule has 14 nitrogen and oxygen atoms in total. The Kier molecular flexibility index (Phi) is 13.2. The first-order valence-electron chi connectivity index (χ1n) is 22.3. The highest BCUT2D eigenvalue weighted by molar-refractivity contribution is 6.13. The van der Waals surface area contributed by atoms with Crippen LogP contribution in [0.2, 0.25) is 0 Å². The zero-order valence-electron chi connectivity index (χ0n) is 38.9. The standard InChI is InChI=1S/C50H63N5O9/c1-48(2,3)61-45(57)53-25-23-37(40(31-53)44(56)54(36-20-21-36)30-35-29-52(24-14-26-60-10)41-18-12-11-17-38(35)41)34-16-13-15-32(27-34)33-19-22-42-39(28-33)43(51-64-42)55(46(58)62-49(4,5)6)47(59)63-50(7,8)9/h11-13,15-19,22,27-29,36-37,40H,14,20-21,23-26,30-31H2,1-10H3/t37-,40+/m1/s1. The van der Waals surface area contributed by atoms with Crippen molar-refractivity contribution in [1.82, 2.24) is 19.5 Å². The number of anilines is 1. The SMILES string of the molecule is COCCCn1cc(CN(C(=O)[C@H]2CN(C(=O)OC(C)(C)C)CC[C@@H]2c2cccc(-c3ccc4onc(N(C(=O)OC(C)(C)C)C(=O)OC(C)(C)C)c4c3)c2)C2CC2)c2ccccc21. The molecular formula is C50H63N5O9. The molecule has 0 radical (unpaired) electrons. The van der Waals surface area contributed by atoms with Crippen LogP contribution in [-0.4, -0.2) is 93.4 Å². The molecule has 2 aromatic heterocycles. The van der Waals surface area contributed by atoms with E-state index in [0.717, 1.165) is 63.9 Å². The Labute approximate surface area is 375 Å². The van der Waals surface area contributed by atoms with Gasteiger partial charge in [-0.05, 0) is 134 Å². The van der Waals surface area contributed by atoms with Crippen LogP contribution >= 0.6 is 0 Å². The van der Waals surface area contributed by atoms with Crippen LogP contribution in [0.5, 0.6) is 0 Å². The van der Waals surface area contributed by atoms with Gasteiger partial charge in [-0.25, -0.2) is 14.4 Å². The molecule has 2 aliphatic rings. The van der Waals surface area contributed by atoms with E-state index in [1.165, 1.54) is 0 Å². The number of carbonyl (C=O) groups excluding carboxylic acids is 4. The molecular weight excluding hydrogens is 815 g/mol. The smallest absolute Gasteiger partial charge is 0.425 e. The normalized spacial score (nSPS) is 17.1. The average Bonchev–Trinajstić information content (AvgIpc) is 3.89. The molecule has 3 aromatic carbocycles. The Bertz CT molecular complexity index is 2470. The second-order valence-corrected chi connectivity index (χ2v) is 20.0. The highest BCUT2D eigenvalue weighted by atomic mass is 16.6. The summed E-state index contributed by atoms with van der Waals surface area (Å²) in [5.74, 6) is -0.805. The van der Waals surface area contributed by atoms with E-state index in [1.807, 2.05) is 68.1 Å². The van der Waals surface area contributed by atoms with Crippen molar-refractivity contribution < 1.29 is 42.6 Å². The van der Waals surface area contributed by atoms with Gasteiger partial charge in [-0.15, -0.1) is 0 Å². The third-order valence-corrected chi connectivity index (χ3v) is 11.3. The molecule has 1 aliphatic carbocycles. The van der Waals surface area contributed by atoms with Gasteiger partial charge in [0, 0.05) is 63.0 Å². The maximum Gasteiger partial charge on any atom is 0.425 e. The number of hydrogen-bond acceptors (Lipinski definition) is 10. The summed E-state index contributed by atoms with van der Waals surface area (Å²) in [5.41, 5.74) is 2.62. The second kappa shape index (κ2) is 18.3. The summed E-state index contributed by atoms with van der Waals surface area (Å²) in [5, 5.41) is 5.68. The Morgan fingerprint density at radius 3 is 2.11 bits per heavy atom. The molecule has 1 saturated heterocycles. The summed E-state index contributed by atoms with van der Waals surface area (Å²) in [6.07, 6.45) is 3.10. The van der Waals surface area contributed by atoms with Crippen LogP contribution in [0.3, 0.4) is 0 Å². The molecule has 4 amide bonds. The molecule has 2 atom stereocenters. The number of rotatable bonds is 11. The van der Waals surface area contributed by atoms with Gasteiger partial charge in [0.15, 0.2) is 11.4 Å². The summed E-state index contributed by atoms with van der Waals surface area (Å²) in [7, 11) is 1.71. The fraction of sp³-hybridized carbons (Fsp3) is 0.500. The van der Waals surface area contributed by atoms with Crippen LogP contribution in [0.4, 0.5) is 20.2 Å². The molecule has 0 unspecified atom stereocenters. The maximum atomic E-state index is 15.3. The Balaban J connectivity index is 1.23. The van der Waals surface area contributed by atoms with Gasteiger partial charge in [-0.2, -0.15) is 4.90 Å². The number of carbonyl (C=O) groups is 4. The van der Waals surface area contributed by atoms with Gasteiger partial charge in [0.2, 0.25) is 5.91 Å². The highest BCUT2D eigenvalue weighted by Crippen LogP contribution is 2.41. The molecule has 0 bridgehead atoms. The van der Waals surface area contributed by atoms with Gasteiger partial charge in [0.1, 0.15) is 16.8 Å². The summed E-state index contributed by atoms with van der Waals surface area (Å²) in [6, 6.07) is 21.9. The molecule has 1 aliphatic heterocycles. The molecule has 64 heavy (non-hydrogen) atoms. The first-order chi connectivity index (χ1) is 30.2. The quantitative estimate of drug-likeness (QED) is 0.0928. The van der Waals surface area contributed by atoms with Gasteiger partial charge < -0.3 is 37.8 Å². The van der Waals surface area contributed by atoms with E-state index in [0.29, 0.717) is 37.1 Å². The minimum Gasteiger partial charge on any atom is -0.444 e. The number of ether oxygens (including phenoxy) is 4. The van der Waals surface area contributed by atoms with E-state index in [9.17, 15) is 14.4 Å². The summed E-state index contributed by atoms with van der Waals surface area (Å²) in [4.78, 5) is 60.5. The number of likely N-dealkylation sites (tertiary alicyclic amines) is 1. The Hall–Kier alpha value is -5.89. The van der Waals surface area contributed by atoms with Crippen LogP contribution in [0.1, 0.15) is 105 Å². The number of para-hydroxylation sites is 1. The zero-order valence-corrected chi connectivity index (χ0v) is 38.9. The van der Waals surface area contributed by atoms with Crippen molar-refractivity contribution in [1.29, 1.82) is 0 Å². The topological polar surface area (TPSA) is 146 Å². The monoisotopic (exact) mass is 877 g/mol. The number of nitrogens with zero attached hydrogens (tertiary/aromatic N) is 5.